The third kappa shape index (κ3) is 5.75. The Kier molecular flexibility index (Phi) is 6.35. The molecule has 2 amide bonds. The van der Waals surface area contributed by atoms with Crippen LogP contribution in [0.5, 0.6) is 0 Å². The van der Waals surface area contributed by atoms with Gasteiger partial charge in [0.15, 0.2) is 0 Å². The Balaban J connectivity index is 1.98. The molecule has 0 aliphatic heterocycles. The summed E-state index contributed by atoms with van der Waals surface area (Å²) in [4.78, 5) is 22.3. The minimum Gasteiger partial charge on any atom is -0.375 e. The molecule has 0 atom stereocenters. The van der Waals surface area contributed by atoms with Gasteiger partial charge in [-0.25, -0.2) is 4.79 Å². The lowest BCUT2D eigenvalue weighted by Gasteiger charge is -2.11. The lowest BCUT2D eigenvalue weighted by molar-refractivity contribution is -0.384. The molecule has 0 aromatic heterocycles. The summed E-state index contributed by atoms with van der Waals surface area (Å²) in [5, 5.41) is 19.7. The molecule has 0 unspecified atom stereocenters. The Morgan fingerprint density at radius 3 is 2.48 bits per heavy atom. The Morgan fingerprint density at radius 1 is 1.20 bits per heavy atom. The van der Waals surface area contributed by atoms with E-state index in [0.29, 0.717) is 22.4 Å². The van der Waals surface area contributed by atoms with Gasteiger partial charge in [-0.3, -0.25) is 10.1 Å². The van der Waals surface area contributed by atoms with Crippen molar-refractivity contribution in [2.24, 2.45) is 0 Å². The monoisotopic (exact) mass is 406 g/mol. The molecule has 0 aliphatic carbocycles. The van der Waals surface area contributed by atoms with E-state index in [0.717, 1.165) is 5.56 Å². The first-order valence-electron chi connectivity index (χ1n) is 7.69. The largest absolute Gasteiger partial charge is 0.375 e. The molecule has 25 heavy (non-hydrogen) atoms. The van der Waals surface area contributed by atoms with Gasteiger partial charge in [-0.15, -0.1) is 0 Å². The highest BCUT2D eigenvalue weighted by atomic mass is 79.9. The summed E-state index contributed by atoms with van der Waals surface area (Å²) in [6, 6.07) is 11.9. The zero-order chi connectivity index (χ0) is 18.4. The first-order chi connectivity index (χ1) is 11.8. The van der Waals surface area contributed by atoms with Crippen molar-refractivity contribution in [1.29, 1.82) is 0 Å². The lowest BCUT2D eigenvalue weighted by atomic mass is 10.2. The Labute approximate surface area is 154 Å². The molecular weight excluding hydrogens is 388 g/mol. The minimum absolute atomic E-state index is 0.0121. The van der Waals surface area contributed by atoms with Crippen LogP contribution in [0.15, 0.2) is 46.9 Å². The number of amides is 2. The van der Waals surface area contributed by atoms with Crippen LogP contribution in [0.1, 0.15) is 19.4 Å². The van der Waals surface area contributed by atoms with Crippen LogP contribution in [-0.4, -0.2) is 17.0 Å². The summed E-state index contributed by atoms with van der Waals surface area (Å²) >= 11 is 3.23. The van der Waals surface area contributed by atoms with Crippen molar-refractivity contribution in [3.05, 3.63) is 62.6 Å². The van der Waals surface area contributed by atoms with E-state index in [1.165, 1.54) is 6.07 Å². The molecular formula is C17H19BrN4O3. The van der Waals surface area contributed by atoms with Crippen molar-refractivity contribution in [3.63, 3.8) is 0 Å². The second kappa shape index (κ2) is 8.48. The Bertz CT molecular complexity index is 763. The van der Waals surface area contributed by atoms with Crippen molar-refractivity contribution in [3.8, 4) is 0 Å². The molecule has 0 saturated heterocycles. The highest BCUT2D eigenvalue weighted by molar-refractivity contribution is 9.10. The normalized spacial score (nSPS) is 10.4. The highest BCUT2D eigenvalue weighted by Crippen LogP contribution is 2.28. The number of rotatable bonds is 6. The van der Waals surface area contributed by atoms with Gasteiger partial charge in [0.2, 0.25) is 0 Å². The van der Waals surface area contributed by atoms with E-state index in [9.17, 15) is 14.9 Å². The number of hydrogen-bond acceptors (Lipinski definition) is 4. The molecule has 0 spiro atoms. The SMILES string of the molecule is CC(C)NC(=O)Nc1ccc(CNc2ccc(Br)cc2[N+](=O)[O-])cc1. The first-order valence-corrected chi connectivity index (χ1v) is 8.48. The highest BCUT2D eigenvalue weighted by Gasteiger charge is 2.13. The number of halogens is 1. The lowest BCUT2D eigenvalue weighted by Crippen LogP contribution is -2.34. The summed E-state index contributed by atoms with van der Waals surface area (Å²) in [5.41, 5.74) is 2.08. The molecule has 2 aromatic carbocycles. The van der Waals surface area contributed by atoms with E-state index in [2.05, 4.69) is 31.9 Å². The number of nitro benzene ring substituents is 1. The van der Waals surface area contributed by atoms with Crippen molar-refractivity contribution in [2.75, 3.05) is 10.6 Å². The van der Waals surface area contributed by atoms with Crippen LogP contribution in [0.3, 0.4) is 0 Å². The maximum atomic E-state index is 11.6. The number of nitrogens with zero attached hydrogens (tertiary/aromatic N) is 1. The molecule has 7 nitrogen and oxygen atoms in total. The van der Waals surface area contributed by atoms with Crippen LogP contribution >= 0.6 is 15.9 Å². The predicted molar refractivity (Wildman–Crippen MR) is 102 cm³/mol. The fourth-order valence-electron chi connectivity index (χ4n) is 2.14. The van der Waals surface area contributed by atoms with Gasteiger partial charge < -0.3 is 16.0 Å². The molecule has 0 saturated carbocycles. The average molecular weight is 407 g/mol. The van der Waals surface area contributed by atoms with Gasteiger partial charge >= 0.3 is 6.03 Å². The van der Waals surface area contributed by atoms with E-state index in [4.69, 9.17) is 0 Å². The van der Waals surface area contributed by atoms with Crippen molar-refractivity contribution >= 4 is 39.0 Å². The molecule has 0 aliphatic rings. The zero-order valence-electron chi connectivity index (χ0n) is 13.9. The topological polar surface area (TPSA) is 96.3 Å². The van der Waals surface area contributed by atoms with Crippen LogP contribution in [0.25, 0.3) is 0 Å². The summed E-state index contributed by atoms with van der Waals surface area (Å²) in [5.74, 6) is 0. The molecule has 2 aromatic rings. The summed E-state index contributed by atoms with van der Waals surface area (Å²) < 4.78 is 0.653. The van der Waals surface area contributed by atoms with Crippen molar-refractivity contribution in [1.82, 2.24) is 5.32 Å². The molecule has 0 bridgehead atoms. The second-order valence-corrected chi connectivity index (χ2v) is 6.64. The molecule has 2 rings (SSSR count). The fourth-order valence-corrected chi connectivity index (χ4v) is 2.49. The maximum absolute atomic E-state index is 11.6. The smallest absolute Gasteiger partial charge is 0.319 e. The second-order valence-electron chi connectivity index (χ2n) is 5.72. The van der Waals surface area contributed by atoms with Crippen LogP contribution in [0, 0.1) is 10.1 Å². The van der Waals surface area contributed by atoms with Gasteiger partial charge in [-0.1, -0.05) is 28.1 Å². The molecule has 0 heterocycles. The Morgan fingerprint density at radius 2 is 1.88 bits per heavy atom. The van der Waals surface area contributed by atoms with Crippen molar-refractivity contribution < 1.29 is 9.72 Å². The number of hydrogen-bond donors (Lipinski definition) is 3. The third-order valence-corrected chi connectivity index (χ3v) is 3.76. The number of benzene rings is 2. The van der Waals surface area contributed by atoms with Crippen LogP contribution in [0.2, 0.25) is 0 Å². The number of nitro groups is 1. The van der Waals surface area contributed by atoms with Gasteiger partial charge in [0.05, 0.1) is 4.92 Å². The third-order valence-electron chi connectivity index (χ3n) is 3.27. The van der Waals surface area contributed by atoms with Gasteiger partial charge in [0.1, 0.15) is 5.69 Å². The fraction of sp³-hybridized carbons (Fsp3) is 0.235. The molecule has 132 valence electrons. The zero-order valence-corrected chi connectivity index (χ0v) is 15.5. The Hall–Kier alpha value is -2.61. The summed E-state index contributed by atoms with van der Waals surface area (Å²) in [7, 11) is 0. The minimum atomic E-state index is -0.423. The van der Waals surface area contributed by atoms with E-state index in [1.807, 2.05) is 26.0 Å². The van der Waals surface area contributed by atoms with E-state index >= 15 is 0 Å². The van der Waals surface area contributed by atoms with Gasteiger partial charge in [-0.05, 0) is 43.7 Å². The van der Waals surface area contributed by atoms with Gasteiger partial charge in [0.25, 0.3) is 5.69 Å². The number of urea groups is 1. The van der Waals surface area contributed by atoms with E-state index < -0.39 is 4.92 Å². The summed E-state index contributed by atoms with van der Waals surface area (Å²) in [6.07, 6.45) is 0. The average Bonchev–Trinajstić information content (AvgIpc) is 2.54. The molecule has 0 fully saturated rings. The van der Waals surface area contributed by atoms with E-state index in [-0.39, 0.29) is 17.8 Å². The number of nitrogens with one attached hydrogen (secondary N) is 3. The van der Waals surface area contributed by atoms with Crippen LogP contribution in [-0.2, 0) is 6.54 Å². The maximum Gasteiger partial charge on any atom is 0.319 e. The van der Waals surface area contributed by atoms with Crippen LogP contribution < -0.4 is 16.0 Å². The predicted octanol–water partition coefficient (Wildman–Crippen LogP) is 4.50. The molecule has 3 N–H and O–H groups in total. The molecule has 8 heteroatoms. The van der Waals surface area contributed by atoms with Gasteiger partial charge in [0, 0.05) is 28.8 Å². The summed E-state index contributed by atoms with van der Waals surface area (Å²) in [6.45, 7) is 4.20. The number of anilines is 2. The first kappa shape index (κ1) is 18.7. The van der Waals surface area contributed by atoms with Crippen LogP contribution in [0.4, 0.5) is 21.9 Å². The van der Waals surface area contributed by atoms with Crippen molar-refractivity contribution in [2.45, 2.75) is 26.4 Å². The standard InChI is InChI=1S/C17H19BrN4O3/c1-11(2)20-17(23)21-14-6-3-12(4-7-14)10-19-15-8-5-13(18)9-16(15)22(24)25/h3-9,11,19H,10H2,1-2H3,(H2,20,21,23). The molecule has 0 radical (unpaired) electrons. The number of carbonyl (C=O) groups excluding carboxylic acids is 1. The number of carbonyl (C=O) groups is 1. The van der Waals surface area contributed by atoms with Gasteiger partial charge in [-0.2, -0.15) is 0 Å². The quantitative estimate of drug-likeness (QED) is 0.485. The van der Waals surface area contributed by atoms with E-state index in [1.54, 1.807) is 24.3 Å².